The predicted molar refractivity (Wildman–Crippen MR) is 84.0 cm³/mol. The third kappa shape index (κ3) is 4.21. The molecule has 3 nitrogen and oxygen atoms in total. The first-order chi connectivity index (χ1) is 10.2. The number of hydrogen-bond acceptors (Lipinski definition) is 3. The van der Waals surface area contributed by atoms with Gasteiger partial charge in [0.1, 0.15) is 18.1 Å². The molecule has 1 saturated carbocycles. The van der Waals surface area contributed by atoms with Gasteiger partial charge in [-0.05, 0) is 56.1 Å². The van der Waals surface area contributed by atoms with E-state index in [2.05, 4.69) is 37.4 Å². The summed E-state index contributed by atoms with van der Waals surface area (Å²) in [5.74, 6) is 3.40. The van der Waals surface area contributed by atoms with E-state index in [9.17, 15) is 0 Å². The van der Waals surface area contributed by atoms with Crippen LogP contribution in [0.1, 0.15) is 49.7 Å². The van der Waals surface area contributed by atoms with E-state index in [4.69, 9.17) is 9.15 Å². The number of aryl methyl sites for hydroxylation is 1. The summed E-state index contributed by atoms with van der Waals surface area (Å²) in [6, 6.07) is 2.84. The molecule has 2 aliphatic carbocycles. The highest BCUT2D eigenvalue weighted by molar-refractivity contribution is 5.19. The molecule has 2 atom stereocenters. The summed E-state index contributed by atoms with van der Waals surface area (Å²) >= 11 is 0. The second-order valence-corrected chi connectivity index (χ2v) is 6.67. The fourth-order valence-corrected chi connectivity index (χ4v) is 2.91. The van der Waals surface area contributed by atoms with E-state index in [0.29, 0.717) is 12.5 Å². The number of rotatable bonds is 7. The minimum atomic E-state index is 0.594. The van der Waals surface area contributed by atoms with Crippen LogP contribution in [0.5, 0.6) is 0 Å². The van der Waals surface area contributed by atoms with Gasteiger partial charge in [-0.1, -0.05) is 19.1 Å². The zero-order chi connectivity index (χ0) is 14.7. The van der Waals surface area contributed by atoms with Gasteiger partial charge in [0.25, 0.3) is 0 Å². The Kier molecular flexibility index (Phi) is 4.81. The smallest absolute Gasteiger partial charge is 0.130 e. The molecule has 0 spiro atoms. The Balaban J connectivity index is 1.44. The molecule has 1 heterocycles. The third-order valence-electron chi connectivity index (χ3n) is 4.69. The second-order valence-electron chi connectivity index (χ2n) is 6.67. The van der Waals surface area contributed by atoms with Gasteiger partial charge in [0.15, 0.2) is 0 Å². The number of ether oxygens (including phenoxy) is 1. The van der Waals surface area contributed by atoms with Crippen molar-refractivity contribution in [3.8, 4) is 0 Å². The van der Waals surface area contributed by atoms with Crippen molar-refractivity contribution < 1.29 is 9.15 Å². The molecule has 0 amide bonds. The lowest BCUT2D eigenvalue weighted by Crippen LogP contribution is -2.19. The van der Waals surface area contributed by atoms with Gasteiger partial charge in [0, 0.05) is 6.04 Å². The van der Waals surface area contributed by atoms with E-state index in [1.165, 1.54) is 24.8 Å². The molecule has 2 aliphatic rings. The van der Waals surface area contributed by atoms with Gasteiger partial charge in [-0.25, -0.2) is 0 Å². The summed E-state index contributed by atoms with van der Waals surface area (Å²) in [4.78, 5) is 0. The first kappa shape index (κ1) is 14.9. The molecule has 2 unspecified atom stereocenters. The minimum absolute atomic E-state index is 0.594. The molecule has 1 aromatic heterocycles. The quantitative estimate of drug-likeness (QED) is 0.772. The van der Waals surface area contributed by atoms with E-state index in [0.717, 1.165) is 43.1 Å². The minimum Gasteiger partial charge on any atom is -0.462 e. The number of furan rings is 1. The Bertz CT molecular complexity index is 487. The van der Waals surface area contributed by atoms with E-state index < -0.39 is 0 Å². The summed E-state index contributed by atoms with van der Waals surface area (Å²) in [7, 11) is 0. The summed E-state index contributed by atoms with van der Waals surface area (Å²) in [6.45, 7) is 6.71. The van der Waals surface area contributed by atoms with Gasteiger partial charge in [0.2, 0.25) is 0 Å². The van der Waals surface area contributed by atoms with Crippen molar-refractivity contribution in [1.82, 2.24) is 5.32 Å². The van der Waals surface area contributed by atoms with Crippen LogP contribution in [-0.4, -0.2) is 12.6 Å². The third-order valence-corrected chi connectivity index (χ3v) is 4.69. The van der Waals surface area contributed by atoms with Crippen molar-refractivity contribution in [3.63, 3.8) is 0 Å². The Labute approximate surface area is 127 Å². The molecule has 1 N–H and O–H groups in total. The van der Waals surface area contributed by atoms with Gasteiger partial charge < -0.3 is 14.5 Å². The summed E-state index contributed by atoms with van der Waals surface area (Å²) in [6.07, 6.45) is 9.52. The van der Waals surface area contributed by atoms with Gasteiger partial charge in [0.05, 0.1) is 13.2 Å². The fourth-order valence-electron chi connectivity index (χ4n) is 2.91. The first-order valence-corrected chi connectivity index (χ1v) is 8.26. The molecule has 21 heavy (non-hydrogen) atoms. The van der Waals surface area contributed by atoms with Gasteiger partial charge >= 0.3 is 0 Å². The largest absolute Gasteiger partial charge is 0.462 e. The highest BCUT2D eigenvalue weighted by Crippen LogP contribution is 2.26. The van der Waals surface area contributed by atoms with Gasteiger partial charge in [-0.2, -0.15) is 0 Å². The van der Waals surface area contributed by atoms with Crippen molar-refractivity contribution in [3.05, 3.63) is 35.3 Å². The van der Waals surface area contributed by atoms with Crippen LogP contribution < -0.4 is 5.32 Å². The number of allylic oxidation sites excluding steroid dienone is 2. The monoisotopic (exact) mass is 289 g/mol. The van der Waals surface area contributed by atoms with Crippen LogP contribution in [0, 0.1) is 18.8 Å². The van der Waals surface area contributed by atoms with Crippen LogP contribution in [0.3, 0.4) is 0 Å². The molecule has 0 aromatic carbocycles. The maximum atomic E-state index is 5.91. The lowest BCUT2D eigenvalue weighted by Gasteiger charge is -2.24. The molecular weight excluding hydrogens is 262 g/mol. The molecule has 1 fully saturated rings. The van der Waals surface area contributed by atoms with Crippen LogP contribution >= 0.6 is 0 Å². The topological polar surface area (TPSA) is 34.4 Å². The van der Waals surface area contributed by atoms with Crippen LogP contribution in [-0.2, 0) is 17.9 Å². The summed E-state index contributed by atoms with van der Waals surface area (Å²) in [5.41, 5.74) is 1.23. The normalized spacial score (nSPS) is 25.4. The molecule has 0 aliphatic heterocycles. The molecule has 1 aromatic rings. The van der Waals surface area contributed by atoms with Gasteiger partial charge in [-0.3, -0.25) is 0 Å². The first-order valence-electron chi connectivity index (χ1n) is 8.26. The van der Waals surface area contributed by atoms with E-state index in [1.54, 1.807) is 0 Å². The zero-order valence-electron chi connectivity index (χ0n) is 13.2. The molecule has 116 valence electrons. The highest BCUT2D eigenvalue weighted by atomic mass is 16.5. The van der Waals surface area contributed by atoms with Crippen LogP contribution in [0.4, 0.5) is 0 Å². The van der Waals surface area contributed by atoms with E-state index in [1.807, 2.05) is 0 Å². The lowest BCUT2D eigenvalue weighted by molar-refractivity contribution is 0.0577. The van der Waals surface area contributed by atoms with Crippen molar-refractivity contribution in [2.24, 2.45) is 11.8 Å². The Morgan fingerprint density at radius 3 is 2.86 bits per heavy atom. The summed E-state index contributed by atoms with van der Waals surface area (Å²) in [5, 5.41) is 3.50. The van der Waals surface area contributed by atoms with Crippen LogP contribution in [0.25, 0.3) is 0 Å². The summed E-state index contributed by atoms with van der Waals surface area (Å²) < 4.78 is 11.8. The second kappa shape index (κ2) is 6.80. The predicted octanol–water partition coefficient (Wildman–Crippen LogP) is 3.96. The molecule has 0 bridgehead atoms. The standard InChI is InChI=1S/C18H27NO2/c1-13-5-3-4-6-15(13)11-20-12-17-9-14(2)18(21-17)10-19-16-7-8-16/h3-4,9,13,15-16,19H,5-8,10-12H2,1-2H3. The number of hydrogen-bond donors (Lipinski definition) is 1. The van der Waals surface area contributed by atoms with Crippen LogP contribution in [0.15, 0.2) is 22.6 Å². The van der Waals surface area contributed by atoms with E-state index >= 15 is 0 Å². The SMILES string of the molecule is Cc1cc(COCC2CC=CCC2C)oc1CNC1CC1. The maximum Gasteiger partial charge on any atom is 0.130 e. The highest BCUT2D eigenvalue weighted by Gasteiger charge is 2.21. The van der Waals surface area contributed by atoms with Gasteiger partial charge in [-0.15, -0.1) is 0 Å². The Morgan fingerprint density at radius 2 is 2.10 bits per heavy atom. The molecule has 3 rings (SSSR count). The van der Waals surface area contributed by atoms with E-state index in [-0.39, 0.29) is 0 Å². The fraction of sp³-hybridized carbons (Fsp3) is 0.667. The van der Waals surface area contributed by atoms with Crippen molar-refractivity contribution in [2.45, 2.75) is 58.7 Å². The van der Waals surface area contributed by atoms with Crippen molar-refractivity contribution >= 4 is 0 Å². The molecule has 0 saturated heterocycles. The average Bonchev–Trinajstić information content (AvgIpc) is 3.23. The van der Waals surface area contributed by atoms with Crippen molar-refractivity contribution in [1.29, 1.82) is 0 Å². The Hall–Kier alpha value is -1.06. The Morgan fingerprint density at radius 1 is 1.29 bits per heavy atom. The van der Waals surface area contributed by atoms with Crippen LogP contribution in [0.2, 0.25) is 0 Å². The maximum absolute atomic E-state index is 5.91. The molecule has 0 radical (unpaired) electrons. The number of nitrogens with one attached hydrogen (secondary N) is 1. The average molecular weight is 289 g/mol. The zero-order valence-corrected chi connectivity index (χ0v) is 13.2. The lowest BCUT2D eigenvalue weighted by atomic mass is 9.85. The van der Waals surface area contributed by atoms with Crippen molar-refractivity contribution in [2.75, 3.05) is 6.61 Å². The molecular formula is C18H27NO2. The molecule has 3 heteroatoms.